The van der Waals surface area contributed by atoms with Crippen molar-refractivity contribution < 1.29 is 9.47 Å². The molecule has 2 aliphatic rings. The van der Waals surface area contributed by atoms with Gasteiger partial charge in [-0.3, -0.25) is 0 Å². The third-order valence-corrected chi connectivity index (χ3v) is 4.81. The average molecular weight is 269 g/mol. The van der Waals surface area contributed by atoms with E-state index in [1.165, 1.54) is 51.4 Å². The van der Waals surface area contributed by atoms with Crippen LogP contribution in [0.1, 0.15) is 58.3 Å². The SMILES string of the molecule is COCCNCC(C)CCC1CCC2(CCCC2)O1. The molecule has 0 bridgehead atoms. The van der Waals surface area contributed by atoms with E-state index in [1.54, 1.807) is 7.11 Å². The summed E-state index contributed by atoms with van der Waals surface area (Å²) in [6, 6.07) is 0. The number of nitrogens with one attached hydrogen (secondary N) is 1. The molecule has 2 fully saturated rings. The van der Waals surface area contributed by atoms with Crippen LogP contribution in [0, 0.1) is 5.92 Å². The van der Waals surface area contributed by atoms with Crippen LogP contribution < -0.4 is 5.32 Å². The number of hydrogen-bond acceptors (Lipinski definition) is 3. The second-order valence-electron chi connectivity index (χ2n) is 6.55. The first-order chi connectivity index (χ1) is 9.24. The summed E-state index contributed by atoms with van der Waals surface area (Å²) in [5, 5.41) is 3.44. The Labute approximate surface area is 118 Å². The number of hydrogen-bond donors (Lipinski definition) is 1. The van der Waals surface area contributed by atoms with Gasteiger partial charge in [0.2, 0.25) is 0 Å². The van der Waals surface area contributed by atoms with E-state index in [-0.39, 0.29) is 0 Å². The Morgan fingerprint density at radius 1 is 1.32 bits per heavy atom. The fraction of sp³-hybridized carbons (Fsp3) is 1.00. The van der Waals surface area contributed by atoms with Gasteiger partial charge >= 0.3 is 0 Å². The molecule has 19 heavy (non-hydrogen) atoms. The fourth-order valence-corrected chi connectivity index (χ4v) is 3.58. The lowest BCUT2D eigenvalue weighted by Crippen LogP contribution is -2.27. The average Bonchev–Trinajstić information content (AvgIpc) is 3.03. The van der Waals surface area contributed by atoms with Crippen LogP contribution in [0.15, 0.2) is 0 Å². The third-order valence-electron chi connectivity index (χ3n) is 4.81. The van der Waals surface area contributed by atoms with E-state index < -0.39 is 0 Å². The van der Waals surface area contributed by atoms with Gasteiger partial charge < -0.3 is 14.8 Å². The van der Waals surface area contributed by atoms with E-state index >= 15 is 0 Å². The van der Waals surface area contributed by atoms with Gasteiger partial charge in [-0.15, -0.1) is 0 Å². The maximum absolute atomic E-state index is 6.36. The molecule has 1 N–H and O–H groups in total. The highest BCUT2D eigenvalue weighted by molar-refractivity contribution is 4.92. The first-order valence-corrected chi connectivity index (χ1v) is 8.11. The Hall–Kier alpha value is -0.120. The van der Waals surface area contributed by atoms with Gasteiger partial charge in [0.15, 0.2) is 0 Å². The molecular weight excluding hydrogens is 238 g/mol. The molecule has 1 saturated carbocycles. The maximum atomic E-state index is 6.36. The van der Waals surface area contributed by atoms with Crippen LogP contribution in [-0.4, -0.2) is 38.5 Å². The molecule has 0 aromatic heterocycles. The fourth-order valence-electron chi connectivity index (χ4n) is 3.58. The van der Waals surface area contributed by atoms with E-state index in [0.29, 0.717) is 11.7 Å². The monoisotopic (exact) mass is 269 g/mol. The van der Waals surface area contributed by atoms with Crippen molar-refractivity contribution in [3.63, 3.8) is 0 Å². The van der Waals surface area contributed by atoms with Crippen molar-refractivity contribution in [1.29, 1.82) is 0 Å². The molecule has 3 heteroatoms. The van der Waals surface area contributed by atoms with E-state index in [4.69, 9.17) is 9.47 Å². The number of ether oxygens (including phenoxy) is 2. The number of rotatable bonds is 8. The zero-order valence-electron chi connectivity index (χ0n) is 12.7. The molecule has 1 aliphatic heterocycles. The van der Waals surface area contributed by atoms with E-state index in [0.717, 1.165) is 25.6 Å². The van der Waals surface area contributed by atoms with Crippen molar-refractivity contribution in [3.8, 4) is 0 Å². The van der Waals surface area contributed by atoms with Gasteiger partial charge in [-0.1, -0.05) is 19.8 Å². The summed E-state index contributed by atoms with van der Waals surface area (Å²) < 4.78 is 11.4. The van der Waals surface area contributed by atoms with Crippen LogP contribution in [0.25, 0.3) is 0 Å². The molecule has 2 rings (SSSR count). The zero-order valence-corrected chi connectivity index (χ0v) is 12.7. The Balaban J connectivity index is 1.56. The number of methoxy groups -OCH3 is 1. The lowest BCUT2D eigenvalue weighted by molar-refractivity contribution is -0.0404. The van der Waals surface area contributed by atoms with Crippen molar-refractivity contribution in [3.05, 3.63) is 0 Å². The van der Waals surface area contributed by atoms with Gasteiger partial charge in [-0.25, -0.2) is 0 Å². The van der Waals surface area contributed by atoms with Crippen molar-refractivity contribution in [1.82, 2.24) is 5.32 Å². The molecule has 1 aliphatic carbocycles. The highest BCUT2D eigenvalue weighted by Crippen LogP contribution is 2.44. The van der Waals surface area contributed by atoms with Crippen LogP contribution >= 0.6 is 0 Å². The largest absolute Gasteiger partial charge is 0.383 e. The van der Waals surface area contributed by atoms with Crippen LogP contribution in [0.4, 0.5) is 0 Å². The van der Waals surface area contributed by atoms with Crippen LogP contribution in [0.3, 0.4) is 0 Å². The highest BCUT2D eigenvalue weighted by Gasteiger charge is 2.41. The summed E-state index contributed by atoms with van der Waals surface area (Å²) in [5.74, 6) is 0.737. The molecule has 0 aromatic rings. The summed E-state index contributed by atoms with van der Waals surface area (Å²) >= 11 is 0. The minimum Gasteiger partial charge on any atom is -0.383 e. The van der Waals surface area contributed by atoms with Crippen LogP contribution in [0.2, 0.25) is 0 Å². The minimum absolute atomic E-state index is 0.310. The molecule has 0 radical (unpaired) electrons. The van der Waals surface area contributed by atoms with Crippen LogP contribution in [-0.2, 0) is 9.47 Å². The quantitative estimate of drug-likeness (QED) is 0.687. The second-order valence-corrected chi connectivity index (χ2v) is 6.55. The van der Waals surface area contributed by atoms with Crippen LogP contribution in [0.5, 0.6) is 0 Å². The standard InChI is InChI=1S/C16H31NO2/c1-14(13-17-11-12-18-2)5-6-15-7-10-16(19-15)8-3-4-9-16/h14-15,17H,3-13H2,1-2H3. The lowest BCUT2D eigenvalue weighted by Gasteiger charge is -2.24. The smallest absolute Gasteiger partial charge is 0.0687 e. The van der Waals surface area contributed by atoms with E-state index in [9.17, 15) is 0 Å². The molecular formula is C16H31NO2. The Morgan fingerprint density at radius 3 is 2.84 bits per heavy atom. The topological polar surface area (TPSA) is 30.5 Å². The van der Waals surface area contributed by atoms with Gasteiger partial charge in [0, 0.05) is 13.7 Å². The molecule has 2 atom stereocenters. The Kier molecular flexibility index (Phi) is 6.11. The molecule has 1 heterocycles. The predicted molar refractivity (Wildman–Crippen MR) is 78.4 cm³/mol. The van der Waals surface area contributed by atoms with Gasteiger partial charge in [-0.2, -0.15) is 0 Å². The first kappa shape index (κ1) is 15.3. The summed E-state index contributed by atoms with van der Waals surface area (Å²) in [4.78, 5) is 0. The summed E-state index contributed by atoms with van der Waals surface area (Å²) in [7, 11) is 1.75. The first-order valence-electron chi connectivity index (χ1n) is 8.11. The van der Waals surface area contributed by atoms with Crippen molar-refractivity contribution >= 4 is 0 Å². The minimum atomic E-state index is 0.310. The molecule has 112 valence electrons. The van der Waals surface area contributed by atoms with E-state index in [1.807, 2.05) is 0 Å². The molecule has 0 aromatic carbocycles. The third kappa shape index (κ3) is 4.73. The van der Waals surface area contributed by atoms with Crippen molar-refractivity contribution in [2.45, 2.75) is 70.0 Å². The summed E-state index contributed by atoms with van der Waals surface area (Å²) in [6.45, 7) is 5.20. The molecule has 1 saturated heterocycles. The van der Waals surface area contributed by atoms with Crippen molar-refractivity contribution in [2.24, 2.45) is 5.92 Å². The normalized spacial score (nSPS) is 27.2. The van der Waals surface area contributed by atoms with Gasteiger partial charge in [0.1, 0.15) is 0 Å². The van der Waals surface area contributed by atoms with Gasteiger partial charge in [0.25, 0.3) is 0 Å². The second kappa shape index (κ2) is 7.61. The summed E-state index contributed by atoms with van der Waals surface area (Å²) in [6.07, 6.45) is 11.1. The van der Waals surface area contributed by atoms with Gasteiger partial charge in [0.05, 0.1) is 18.3 Å². The van der Waals surface area contributed by atoms with E-state index in [2.05, 4.69) is 12.2 Å². The predicted octanol–water partition coefficient (Wildman–Crippen LogP) is 3.13. The van der Waals surface area contributed by atoms with Crippen molar-refractivity contribution in [2.75, 3.05) is 26.8 Å². The lowest BCUT2D eigenvalue weighted by atomic mass is 9.97. The Morgan fingerprint density at radius 2 is 2.11 bits per heavy atom. The Bertz CT molecular complexity index is 251. The molecule has 3 nitrogen and oxygen atoms in total. The molecule has 2 unspecified atom stereocenters. The molecule has 0 amide bonds. The summed E-state index contributed by atoms with van der Waals surface area (Å²) in [5.41, 5.74) is 0.310. The highest BCUT2D eigenvalue weighted by atomic mass is 16.5. The molecule has 1 spiro atoms. The maximum Gasteiger partial charge on any atom is 0.0687 e. The zero-order chi connectivity index (χ0) is 13.6. The van der Waals surface area contributed by atoms with Gasteiger partial charge in [-0.05, 0) is 51.0 Å².